The van der Waals surface area contributed by atoms with E-state index in [0.717, 1.165) is 30.5 Å². The molecular weight excluding hydrogens is 551 g/mol. The molecule has 0 radical (unpaired) electrons. The highest BCUT2D eigenvalue weighted by molar-refractivity contribution is 9.39. The van der Waals surface area contributed by atoms with Crippen LogP contribution in [0.1, 0.15) is 50.3 Å². The predicted octanol–water partition coefficient (Wildman–Crippen LogP) is 4.93. The number of nitrogens with zero attached hydrogens (tertiary/aromatic N) is 1. The number of benzene rings is 1. The third kappa shape index (κ3) is 8.25. The Hall–Kier alpha value is 0.500. The van der Waals surface area contributed by atoms with Crippen molar-refractivity contribution in [3.05, 3.63) is 35.4 Å². The molecule has 1 rings (SSSR count). The summed E-state index contributed by atoms with van der Waals surface area (Å²) >= 11 is 10.9. The van der Waals surface area contributed by atoms with E-state index < -0.39 is 7.68 Å². The third-order valence-electron chi connectivity index (χ3n) is 4.21. The van der Waals surface area contributed by atoms with Crippen molar-refractivity contribution in [2.45, 2.75) is 46.8 Å². The summed E-state index contributed by atoms with van der Waals surface area (Å²) in [5, 5.41) is 22.5. The molecule has 0 aliphatic heterocycles. The van der Waals surface area contributed by atoms with Crippen LogP contribution in [-0.2, 0) is 0 Å². The molecule has 0 fully saturated rings. The number of nitrogens with one attached hydrogen (secondary N) is 1. The van der Waals surface area contributed by atoms with Crippen LogP contribution in [-0.4, -0.2) is 43.9 Å². The highest BCUT2D eigenvalue weighted by atomic mass is 80.0. The van der Waals surface area contributed by atoms with Crippen LogP contribution in [0.2, 0.25) is 0 Å². The lowest BCUT2D eigenvalue weighted by Crippen LogP contribution is -2.34. The minimum absolute atomic E-state index is 0. The molecule has 1 aromatic rings. The SMILES string of the molecule is CCCCNC(c1ccc(C=NC(CC)(CO)CO)cc1)C(Br)(Br)Br.Cl. The van der Waals surface area contributed by atoms with E-state index in [4.69, 9.17) is 0 Å². The van der Waals surface area contributed by atoms with Crippen molar-refractivity contribution >= 4 is 66.4 Å². The molecule has 26 heavy (non-hydrogen) atoms. The van der Waals surface area contributed by atoms with Gasteiger partial charge in [0.05, 0.1) is 19.3 Å². The fourth-order valence-electron chi connectivity index (χ4n) is 2.28. The summed E-state index contributed by atoms with van der Waals surface area (Å²) in [6.07, 6.45) is 4.55. The van der Waals surface area contributed by atoms with Crippen molar-refractivity contribution in [2.24, 2.45) is 4.99 Å². The van der Waals surface area contributed by atoms with E-state index in [-0.39, 0.29) is 31.7 Å². The molecule has 0 saturated carbocycles. The maximum absolute atomic E-state index is 9.47. The predicted molar refractivity (Wildman–Crippen MR) is 124 cm³/mol. The fourth-order valence-corrected chi connectivity index (χ4v) is 3.56. The summed E-state index contributed by atoms with van der Waals surface area (Å²) in [5.41, 5.74) is 1.25. The first-order valence-electron chi connectivity index (χ1n) is 8.49. The lowest BCUT2D eigenvalue weighted by molar-refractivity contribution is 0.120. The first-order valence-corrected chi connectivity index (χ1v) is 10.9. The zero-order valence-corrected chi connectivity index (χ0v) is 20.7. The smallest absolute Gasteiger partial charge is 0.154 e. The van der Waals surface area contributed by atoms with E-state index in [1.807, 2.05) is 19.1 Å². The average molecular weight is 580 g/mol. The number of rotatable bonds is 10. The van der Waals surface area contributed by atoms with Gasteiger partial charge in [0.2, 0.25) is 0 Å². The zero-order chi connectivity index (χ0) is 18.9. The highest BCUT2D eigenvalue weighted by Crippen LogP contribution is 2.45. The molecule has 0 saturated heterocycles. The first-order chi connectivity index (χ1) is 11.8. The van der Waals surface area contributed by atoms with Gasteiger partial charge in [0, 0.05) is 6.21 Å². The van der Waals surface area contributed by atoms with Crippen LogP contribution < -0.4 is 5.32 Å². The van der Waals surface area contributed by atoms with Gasteiger partial charge in [-0.25, -0.2) is 0 Å². The number of aliphatic hydroxyl groups is 2. The number of unbranched alkanes of at least 4 members (excludes halogenated alkanes) is 1. The molecule has 0 amide bonds. The van der Waals surface area contributed by atoms with Crippen LogP contribution in [0.25, 0.3) is 0 Å². The molecule has 0 aliphatic carbocycles. The monoisotopic (exact) mass is 576 g/mol. The summed E-state index contributed by atoms with van der Waals surface area (Å²) in [7, 11) is 0. The molecule has 0 bridgehead atoms. The van der Waals surface area contributed by atoms with Gasteiger partial charge in [-0.2, -0.15) is 0 Å². The molecule has 4 nitrogen and oxygen atoms in total. The van der Waals surface area contributed by atoms with Crippen molar-refractivity contribution < 1.29 is 10.2 Å². The van der Waals surface area contributed by atoms with Gasteiger partial charge in [0.15, 0.2) is 2.14 Å². The Balaban J connectivity index is 0.00000625. The first kappa shape index (κ1) is 26.5. The van der Waals surface area contributed by atoms with E-state index >= 15 is 0 Å². The van der Waals surface area contributed by atoms with E-state index in [9.17, 15) is 10.2 Å². The van der Waals surface area contributed by atoms with Gasteiger partial charge < -0.3 is 15.5 Å². The molecule has 0 aromatic heterocycles. The molecule has 3 N–H and O–H groups in total. The van der Waals surface area contributed by atoms with E-state index in [0.29, 0.717) is 6.42 Å². The molecule has 0 heterocycles. The van der Waals surface area contributed by atoms with Crippen LogP contribution in [0.5, 0.6) is 0 Å². The second-order valence-electron chi connectivity index (χ2n) is 6.10. The van der Waals surface area contributed by atoms with Gasteiger partial charge in [-0.05, 0) is 30.5 Å². The Morgan fingerprint density at radius 3 is 2.12 bits per heavy atom. The number of halogens is 4. The Labute approximate surface area is 188 Å². The quantitative estimate of drug-likeness (QED) is 0.209. The normalized spacial score (nSPS) is 13.7. The zero-order valence-electron chi connectivity index (χ0n) is 15.1. The van der Waals surface area contributed by atoms with Crippen LogP contribution in [0, 0.1) is 0 Å². The number of aliphatic hydroxyl groups excluding tert-OH is 2. The molecule has 0 aliphatic rings. The minimum Gasteiger partial charge on any atom is -0.394 e. The highest BCUT2D eigenvalue weighted by Gasteiger charge is 2.31. The van der Waals surface area contributed by atoms with Gasteiger partial charge in [-0.1, -0.05) is 92.3 Å². The van der Waals surface area contributed by atoms with Crippen molar-refractivity contribution in [1.29, 1.82) is 0 Å². The van der Waals surface area contributed by atoms with E-state index in [2.05, 4.69) is 77.2 Å². The van der Waals surface area contributed by atoms with Gasteiger partial charge in [0.1, 0.15) is 5.54 Å². The summed E-state index contributed by atoms with van der Waals surface area (Å²) in [6, 6.07) is 8.13. The van der Waals surface area contributed by atoms with Crippen LogP contribution in [0.15, 0.2) is 29.3 Å². The Morgan fingerprint density at radius 2 is 1.69 bits per heavy atom. The number of hydrogen-bond acceptors (Lipinski definition) is 4. The van der Waals surface area contributed by atoms with Gasteiger partial charge in [-0.15, -0.1) is 12.4 Å². The lowest BCUT2D eigenvalue weighted by Gasteiger charge is -2.27. The summed E-state index contributed by atoms with van der Waals surface area (Å²) in [6.45, 7) is 4.67. The molecule has 0 spiro atoms. The summed E-state index contributed by atoms with van der Waals surface area (Å²) in [4.78, 5) is 4.40. The second kappa shape index (κ2) is 12.9. The minimum atomic E-state index is -0.806. The summed E-state index contributed by atoms with van der Waals surface area (Å²) < 4.78 is -0.429. The van der Waals surface area contributed by atoms with E-state index in [1.165, 1.54) is 0 Å². The Kier molecular flexibility index (Phi) is 13.1. The maximum atomic E-state index is 9.47. The van der Waals surface area contributed by atoms with Crippen molar-refractivity contribution in [3.63, 3.8) is 0 Å². The number of aliphatic imine (C=N–C) groups is 1. The molecule has 1 aromatic carbocycles. The van der Waals surface area contributed by atoms with Crippen molar-refractivity contribution in [1.82, 2.24) is 5.32 Å². The van der Waals surface area contributed by atoms with Crippen molar-refractivity contribution in [2.75, 3.05) is 19.8 Å². The Bertz CT molecular complexity index is 524. The van der Waals surface area contributed by atoms with Gasteiger partial charge in [0.25, 0.3) is 0 Å². The second-order valence-corrected chi connectivity index (χ2v) is 13.0. The third-order valence-corrected chi connectivity index (χ3v) is 5.58. The number of hydrogen-bond donors (Lipinski definition) is 3. The topological polar surface area (TPSA) is 64.9 Å². The molecule has 150 valence electrons. The maximum Gasteiger partial charge on any atom is 0.154 e. The summed E-state index contributed by atoms with van der Waals surface area (Å²) in [5.74, 6) is 0. The lowest BCUT2D eigenvalue weighted by atomic mass is 9.99. The van der Waals surface area contributed by atoms with Gasteiger partial charge >= 0.3 is 0 Å². The van der Waals surface area contributed by atoms with Crippen LogP contribution >= 0.6 is 60.2 Å². The van der Waals surface area contributed by atoms with Crippen molar-refractivity contribution in [3.8, 4) is 0 Å². The Morgan fingerprint density at radius 1 is 1.12 bits per heavy atom. The fraction of sp³-hybridized carbons (Fsp3) is 0.611. The number of alkyl halides is 3. The van der Waals surface area contributed by atoms with E-state index in [1.54, 1.807) is 6.21 Å². The van der Waals surface area contributed by atoms with Crippen LogP contribution in [0.3, 0.4) is 0 Å². The molecule has 1 unspecified atom stereocenters. The molecule has 8 heteroatoms. The standard InChI is InChI=1S/C18H27Br3N2O2.ClH/c1-3-5-10-22-16(18(19,20)21)15-8-6-14(7-9-15)11-23-17(4-2,12-24)13-25;/h6-9,11,16,22,24-25H,3-5,10,12-13H2,1-2H3;1H. The van der Waals surface area contributed by atoms with Crippen LogP contribution in [0.4, 0.5) is 0 Å². The largest absolute Gasteiger partial charge is 0.394 e. The molecular formula is C18H28Br3ClN2O2. The van der Waals surface area contributed by atoms with Gasteiger partial charge in [-0.3, -0.25) is 4.99 Å². The average Bonchev–Trinajstić information content (AvgIpc) is 2.60. The molecule has 1 atom stereocenters.